The summed E-state index contributed by atoms with van der Waals surface area (Å²) in [5.74, 6) is 1.07. The fourth-order valence-electron chi connectivity index (χ4n) is 5.07. The number of hydrogen-bond donors (Lipinski definition) is 0. The molecule has 0 fully saturated rings. The van der Waals surface area contributed by atoms with Crippen LogP contribution in [0.4, 0.5) is 0 Å². The van der Waals surface area contributed by atoms with Crippen molar-refractivity contribution in [3.8, 4) is 21.8 Å². The van der Waals surface area contributed by atoms with Crippen LogP contribution in [0.25, 0.3) is 32.7 Å². The van der Waals surface area contributed by atoms with E-state index in [1.807, 2.05) is 17.4 Å². The van der Waals surface area contributed by atoms with E-state index >= 15 is 0 Å². The number of unbranched alkanes of at least 4 members (excludes halogenated alkanes) is 8. The van der Waals surface area contributed by atoms with Crippen molar-refractivity contribution >= 4 is 22.3 Å². The van der Waals surface area contributed by atoms with Gasteiger partial charge in [-0.05, 0) is 48.2 Å². The van der Waals surface area contributed by atoms with Gasteiger partial charge in [0.15, 0.2) is 0 Å². The summed E-state index contributed by atoms with van der Waals surface area (Å²) >= 11 is 1.97. The molecule has 0 unspecified atom stereocenters. The summed E-state index contributed by atoms with van der Waals surface area (Å²) in [5, 5.41) is 1.26. The summed E-state index contributed by atoms with van der Waals surface area (Å²) in [6.07, 6.45) is 14.8. The van der Waals surface area contributed by atoms with Gasteiger partial charge in [0.25, 0.3) is 0 Å². The van der Waals surface area contributed by atoms with E-state index in [9.17, 15) is 0 Å². The maximum Gasteiger partial charge on any atom is 0.139 e. The lowest BCUT2D eigenvalue weighted by Gasteiger charge is -2.04. The van der Waals surface area contributed by atoms with Crippen LogP contribution >= 0.6 is 11.3 Å². The van der Waals surface area contributed by atoms with Crippen LogP contribution in [0.3, 0.4) is 0 Å². The van der Waals surface area contributed by atoms with E-state index in [2.05, 4.69) is 55.5 Å². The molecule has 0 amide bonds. The van der Waals surface area contributed by atoms with Crippen molar-refractivity contribution in [3.63, 3.8) is 0 Å². The molecular weight excluding hydrogens is 408 g/mol. The molecule has 0 spiro atoms. The molecule has 0 atom stereocenters. The first-order chi connectivity index (χ1) is 15.8. The predicted octanol–water partition coefficient (Wildman–Crippen LogP) is 9.81. The van der Waals surface area contributed by atoms with Gasteiger partial charge in [0, 0.05) is 32.7 Å². The van der Waals surface area contributed by atoms with Gasteiger partial charge in [-0.15, -0.1) is 11.3 Å². The molecule has 1 aliphatic carbocycles. The summed E-state index contributed by atoms with van der Waals surface area (Å²) in [7, 11) is 0. The van der Waals surface area contributed by atoms with Crippen LogP contribution in [-0.4, -0.2) is 0 Å². The van der Waals surface area contributed by atoms with Crippen molar-refractivity contribution in [1.29, 1.82) is 0 Å². The molecule has 0 radical (unpaired) electrons. The van der Waals surface area contributed by atoms with E-state index < -0.39 is 0 Å². The van der Waals surface area contributed by atoms with Gasteiger partial charge in [0.05, 0.1) is 0 Å². The third-order valence-corrected chi connectivity index (χ3v) is 8.08. The first kappa shape index (κ1) is 21.5. The number of benzene rings is 2. The lowest BCUT2D eigenvalue weighted by Crippen LogP contribution is -1.84. The Hall–Kier alpha value is -2.32. The second-order valence-electron chi connectivity index (χ2n) is 9.30. The average molecular weight is 443 g/mol. The molecule has 0 aliphatic heterocycles. The van der Waals surface area contributed by atoms with Gasteiger partial charge in [-0.1, -0.05) is 88.6 Å². The number of furan rings is 1. The summed E-state index contributed by atoms with van der Waals surface area (Å²) in [6.45, 7) is 2.29. The summed E-state index contributed by atoms with van der Waals surface area (Å²) in [5.41, 5.74) is 6.38. The predicted molar refractivity (Wildman–Crippen MR) is 139 cm³/mol. The van der Waals surface area contributed by atoms with Crippen molar-refractivity contribution in [3.05, 3.63) is 70.6 Å². The third-order valence-electron chi connectivity index (χ3n) is 6.89. The monoisotopic (exact) mass is 442 g/mol. The lowest BCUT2D eigenvalue weighted by molar-refractivity contribution is 0.565. The summed E-state index contributed by atoms with van der Waals surface area (Å²) < 4.78 is 6.19. The van der Waals surface area contributed by atoms with Crippen LogP contribution in [0, 0.1) is 0 Å². The Morgan fingerprint density at radius 2 is 1.59 bits per heavy atom. The zero-order valence-electron chi connectivity index (χ0n) is 19.3. The smallest absolute Gasteiger partial charge is 0.139 e. The SMILES string of the molecule is CCCCCCCCCCCc1ccc(-c2ccc3c(c2)Cc2c-3oc3ccccc23)s1. The standard InChI is InChI=1S/C30H34OS/c1-2-3-4-5-6-7-8-9-10-13-24-17-19-29(32-24)22-16-18-25-23(20-22)21-27-26-14-11-12-15-28(26)31-30(25)27/h11-12,14-20H,2-10,13,21H2,1H3. The van der Waals surface area contributed by atoms with Gasteiger partial charge in [0.2, 0.25) is 0 Å². The Morgan fingerprint density at radius 3 is 2.44 bits per heavy atom. The highest BCUT2D eigenvalue weighted by Gasteiger charge is 2.25. The first-order valence-electron chi connectivity index (χ1n) is 12.6. The molecule has 0 N–H and O–H groups in total. The zero-order chi connectivity index (χ0) is 21.8. The highest BCUT2D eigenvalue weighted by molar-refractivity contribution is 7.15. The second-order valence-corrected chi connectivity index (χ2v) is 10.5. The molecule has 4 aromatic rings. The minimum Gasteiger partial charge on any atom is -0.456 e. The highest BCUT2D eigenvalue weighted by atomic mass is 32.1. The number of aryl methyl sites for hydroxylation is 1. The second kappa shape index (κ2) is 10.1. The van der Waals surface area contributed by atoms with Crippen LogP contribution in [0.2, 0.25) is 0 Å². The molecule has 5 rings (SSSR count). The van der Waals surface area contributed by atoms with Crippen molar-refractivity contribution < 1.29 is 4.42 Å². The van der Waals surface area contributed by atoms with Crippen molar-refractivity contribution in [2.45, 2.75) is 77.6 Å². The molecule has 2 aromatic heterocycles. The molecule has 2 aromatic carbocycles. The van der Waals surface area contributed by atoms with Gasteiger partial charge >= 0.3 is 0 Å². The maximum absolute atomic E-state index is 6.19. The molecule has 1 nitrogen and oxygen atoms in total. The highest BCUT2D eigenvalue weighted by Crippen LogP contribution is 2.44. The van der Waals surface area contributed by atoms with Crippen LogP contribution in [-0.2, 0) is 12.8 Å². The minimum absolute atomic E-state index is 0.978. The quantitative estimate of drug-likeness (QED) is 0.185. The van der Waals surface area contributed by atoms with Gasteiger partial charge in [0.1, 0.15) is 11.3 Å². The average Bonchev–Trinajstić information content (AvgIpc) is 3.51. The van der Waals surface area contributed by atoms with Crippen molar-refractivity contribution in [1.82, 2.24) is 0 Å². The van der Waals surface area contributed by atoms with Gasteiger partial charge < -0.3 is 4.42 Å². The maximum atomic E-state index is 6.19. The first-order valence-corrected chi connectivity index (χ1v) is 13.4. The molecule has 166 valence electrons. The van der Waals surface area contributed by atoms with Crippen LogP contribution < -0.4 is 0 Å². The Labute approximate surface area is 196 Å². The van der Waals surface area contributed by atoms with Crippen LogP contribution in [0.1, 0.15) is 80.7 Å². The van der Waals surface area contributed by atoms with E-state index in [-0.39, 0.29) is 0 Å². The summed E-state index contributed by atoms with van der Waals surface area (Å²) in [6, 6.07) is 20.0. The van der Waals surface area contributed by atoms with Gasteiger partial charge in [-0.25, -0.2) is 0 Å². The molecule has 32 heavy (non-hydrogen) atoms. The van der Waals surface area contributed by atoms with Gasteiger partial charge in [-0.3, -0.25) is 0 Å². The van der Waals surface area contributed by atoms with E-state index in [0.717, 1.165) is 17.8 Å². The van der Waals surface area contributed by atoms with E-state index in [1.54, 1.807) is 0 Å². The Kier molecular flexibility index (Phi) is 6.78. The number of hydrogen-bond acceptors (Lipinski definition) is 2. The Bertz CT molecular complexity index is 1180. The van der Waals surface area contributed by atoms with Crippen molar-refractivity contribution in [2.24, 2.45) is 0 Å². The van der Waals surface area contributed by atoms with E-state index in [1.165, 1.54) is 102 Å². The van der Waals surface area contributed by atoms with E-state index in [0.29, 0.717) is 0 Å². The molecule has 0 saturated carbocycles. The largest absolute Gasteiger partial charge is 0.456 e. The Balaban J connectivity index is 1.16. The molecule has 1 aliphatic rings. The number of rotatable bonds is 11. The molecular formula is C30H34OS. The Morgan fingerprint density at radius 1 is 0.812 bits per heavy atom. The van der Waals surface area contributed by atoms with Crippen LogP contribution in [0.5, 0.6) is 0 Å². The van der Waals surface area contributed by atoms with Crippen LogP contribution in [0.15, 0.2) is 59.0 Å². The third kappa shape index (κ3) is 4.57. The number of fused-ring (bicyclic) bond motifs is 5. The number of para-hydroxylation sites is 1. The zero-order valence-corrected chi connectivity index (χ0v) is 20.1. The molecule has 2 heterocycles. The topological polar surface area (TPSA) is 13.1 Å². The number of thiophene rings is 1. The normalized spacial score (nSPS) is 12.4. The minimum atomic E-state index is 0.978. The molecule has 0 bridgehead atoms. The summed E-state index contributed by atoms with van der Waals surface area (Å²) in [4.78, 5) is 2.92. The fraction of sp³-hybridized carbons (Fsp3) is 0.400. The molecule has 0 saturated heterocycles. The van der Waals surface area contributed by atoms with E-state index in [4.69, 9.17) is 4.42 Å². The lowest BCUT2D eigenvalue weighted by atomic mass is 10.0. The van der Waals surface area contributed by atoms with Gasteiger partial charge in [-0.2, -0.15) is 0 Å². The van der Waals surface area contributed by atoms with Crippen molar-refractivity contribution in [2.75, 3.05) is 0 Å². The molecule has 2 heteroatoms. The fourth-order valence-corrected chi connectivity index (χ4v) is 6.12.